The van der Waals surface area contributed by atoms with Crippen LogP contribution in [0.3, 0.4) is 0 Å². The number of ether oxygens (including phenoxy) is 4. The summed E-state index contributed by atoms with van der Waals surface area (Å²) >= 11 is 0. The molecule has 6 heteroatoms. The van der Waals surface area contributed by atoms with E-state index in [0.29, 0.717) is 30.2 Å². The highest BCUT2D eigenvalue weighted by molar-refractivity contribution is 5.81. The molecule has 0 spiro atoms. The predicted molar refractivity (Wildman–Crippen MR) is 124 cm³/mol. The average molecular weight is 434 g/mol. The molecule has 1 aliphatic rings. The first-order chi connectivity index (χ1) is 15.0. The van der Waals surface area contributed by atoms with Gasteiger partial charge in [0.05, 0.1) is 26.9 Å². The number of carbonyl (C=O) groups is 1. The molecule has 1 aromatic carbocycles. The van der Waals surface area contributed by atoms with Gasteiger partial charge >= 0.3 is 5.97 Å². The zero-order valence-electron chi connectivity index (χ0n) is 19.9. The molecular formula is C25H39NO5. The fraction of sp³-hybridized carbons (Fsp3) is 0.640. The summed E-state index contributed by atoms with van der Waals surface area (Å²) < 4.78 is 22.6. The lowest BCUT2D eigenvalue weighted by atomic mass is 9.94. The summed E-state index contributed by atoms with van der Waals surface area (Å²) in [6.45, 7) is 3.62. The number of unbranched alkanes of at least 4 members (excludes halogenated alkanes) is 6. The Hall–Kier alpha value is -2.21. The van der Waals surface area contributed by atoms with Gasteiger partial charge in [-0.15, -0.1) is 0 Å². The number of methoxy groups -OCH3 is 3. The molecule has 6 nitrogen and oxygen atoms in total. The maximum absolute atomic E-state index is 12.6. The van der Waals surface area contributed by atoms with E-state index in [9.17, 15) is 4.79 Å². The van der Waals surface area contributed by atoms with Gasteiger partial charge in [-0.1, -0.05) is 51.5 Å². The van der Waals surface area contributed by atoms with Gasteiger partial charge in [0.2, 0.25) is 0 Å². The topological polar surface area (TPSA) is 57.2 Å². The van der Waals surface area contributed by atoms with E-state index < -0.39 is 0 Å². The van der Waals surface area contributed by atoms with Crippen LogP contribution in [0, 0.1) is 0 Å². The molecule has 1 aliphatic heterocycles. The number of likely N-dealkylation sites (N-methyl/N-ethyl adjacent to an activating group) is 1. The van der Waals surface area contributed by atoms with Gasteiger partial charge in [-0.2, -0.15) is 0 Å². The van der Waals surface area contributed by atoms with E-state index in [1.165, 1.54) is 32.1 Å². The van der Waals surface area contributed by atoms with E-state index in [2.05, 4.69) is 17.9 Å². The Labute approximate surface area is 187 Å². The van der Waals surface area contributed by atoms with Crippen LogP contribution in [-0.2, 0) is 9.53 Å². The van der Waals surface area contributed by atoms with Crippen LogP contribution in [0.2, 0.25) is 0 Å². The maximum atomic E-state index is 12.6. The van der Waals surface area contributed by atoms with Crippen molar-refractivity contribution in [1.82, 2.24) is 4.90 Å². The molecule has 0 aromatic heterocycles. The summed E-state index contributed by atoms with van der Waals surface area (Å²) in [5.41, 5.74) is 1.73. The molecule has 0 fully saturated rings. The highest BCUT2D eigenvalue weighted by Crippen LogP contribution is 2.41. The van der Waals surface area contributed by atoms with Gasteiger partial charge in [0.25, 0.3) is 0 Å². The van der Waals surface area contributed by atoms with E-state index in [1.807, 2.05) is 19.2 Å². The third-order valence-electron chi connectivity index (χ3n) is 5.71. The SMILES string of the molecule is CCCCCCCCCC(=O)O[C@H]1CN(C)CC=C1c1c(OC)cc(OC)cc1OC. The summed E-state index contributed by atoms with van der Waals surface area (Å²) in [4.78, 5) is 14.7. The standard InChI is InChI=1S/C25H39NO5/c1-6-7-8-9-10-11-12-13-24(27)31-23-18-26(2)15-14-20(23)25-21(29-4)16-19(28-3)17-22(25)30-5/h14,16-17,23H,6-13,15,18H2,1-5H3/t23-/m0/s1. The van der Waals surface area contributed by atoms with Crippen molar-refractivity contribution in [1.29, 1.82) is 0 Å². The average Bonchev–Trinajstić information content (AvgIpc) is 2.77. The first-order valence-corrected chi connectivity index (χ1v) is 11.4. The zero-order chi connectivity index (χ0) is 22.6. The smallest absolute Gasteiger partial charge is 0.306 e. The molecule has 0 N–H and O–H groups in total. The van der Waals surface area contributed by atoms with Crippen molar-refractivity contribution in [2.75, 3.05) is 41.5 Å². The predicted octanol–water partition coefficient (Wildman–Crippen LogP) is 5.09. The Morgan fingerprint density at radius 3 is 2.16 bits per heavy atom. The Balaban J connectivity index is 2.07. The summed E-state index contributed by atoms with van der Waals surface area (Å²) in [6, 6.07) is 3.66. The highest BCUT2D eigenvalue weighted by Gasteiger charge is 2.30. The third kappa shape index (κ3) is 7.46. The van der Waals surface area contributed by atoms with Crippen LogP contribution in [0.25, 0.3) is 5.57 Å². The second-order valence-corrected chi connectivity index (χ2v) is 8.14. The van der Waals surface area contributed by atoms with Gasteiger partial charge in [0.15, 0.2) is 0 Å². The number of esters is 1. The molecule has 0 saturated carbocycles. The first-order valence-electron chi connectivity index (χ1n) is 11.4. The molecule has 1 heterocycles. The zero-order valence-corrected chi connectivity index (χ0v) is 19.9. The van der Waals surface area contributed by atoms with Crippen molar-refractivity contribution in [2.24, 2.45) is 0 Å². The molecule has 1 aromatic rings. The van der Waals surface area contributed by atoms with Crippen LogP contribution in [0.15, 0.2) is 18.2 Å². The minimum absolute atomic E-state index is 0.147. The van der Waals surface area contributed by atoms with Gasteiger partial charge in [0, 0.05) is 37.2 Å². The second kappa shape index (κ2) is 13.3. The molecule has 0 amide bonds. The number of benzene rings is 1. The molecule has 0 bridgehead atoms. The lowest BCUT2D eigenvalue weighted by Crippen LogP contribution is -2.37. The monoisotopic (exact) mass is 433 g/mol. The Bertz CT molecular complexity index is 706. The fourth-order valence-electron chi connectivity index (χ4n) is 3.94. The second-order valence-electron chi connectivity index (χ2n) is 8.14. The number of hydrogen-bond donors (Lipinski definition) is 0. The lowest BCUT2D eigenvalue weighted by molar-refractivity contribution is -0.147. The van der Waals surface area contributed by atoms with Gasteiger partial charge < -0.3 is 18.9 Å². The number of hydrogen-bond acceptors (Lipinski definition) is 6. The molecule has 174 valence electrons. The van der Waals surface area contributed by atoms with Crippen LogP contribution < -0.4 is 14.2 Å². The quantitative estimate of drug-likeness (QED) is 0.319. The first kappa shape index (κ1) is 25.1. The van der Waals surface area contributed by atoms with Gasteiger partial charge in [-0.3, -0.25) is 9.69 Å². The Kier molecular flexibility index (Phi) is 10.7. The van der Waals surface area contributed by atoms with Crippen LogP contribution in [-0.4, -0.2) is 58.4 Å². The number of carbonyl (C=O) groups excluding carboxylic acids is 1. The van der Waals surface area contributed by atoms with Crippen molar-refractivity contribution >= 4 is 11.5 Å². The van der Waals surface area contributed by atoms with E-state index in [0.717, 1.165) is 30.5 Å². The van der Waals surface area contributed by atoms with Gasteiger partial charge in [-0.05, 0) is 13.5 Å². The van der Waals surface area contributed by atoms with Gasteiger partial charge in [0.1, 0.15) is 23.4 Å². The van der Waals surface area contributed by atoms with Crippen molar-refractivity contribution in [2.45, 2.75) is 64.4 Å². The normalized spacial score (nSPS) is 16.5. The summed E-state index contributed by atoms with van der Waals surface area (Å²) in [5.74, 6) is 1.78. The molecule has 0 aliphatic carbocycles. The van der Waals surface area contributed by atoms with Crippen molar-refractivity contribution < 1.29 is 23.7 Å². The molecule has 31 heavy (non-hydrogen) atoms. The highest BCUT2D eigenvalue weighted by atomic mass is 16.5. The summed E-state index contributed by atoms with van der Waals surface area (Å²) in [7, 11) is 6.87. The number of rotatable bonds is 13. The largest absolute Gasteiger partial charge is 0.496 e. The molecule has 2 rings (SSSR count). The van der Waals surface area contributed by atoms with Crippen LogP contribution >= 0.6 is 0 Å². The van der Waals surface area contributed by atoms with Crippen LogP contribution in [0.5, 0.6) is 17.2 Å². The molecular weight excluding hydrogens is 394 g/mol. The van der Waals surface area contributed by atoms with Crippen molar-refractivity contribution in [3.8, 4) is 17.2 Å². The van der Waals surface area contributed by atoms with Crippen LogP contribution in [0.1, 0.15) is 63.9 Å². The lowest BCUT2D eigenvalue weighted by Gasteiger charge is -2.31. The minimum Gasteiger partial charge on any atom is -0.496 e. The van der Waals surface area contributed by atoms with E-state index in [4.69, 9.17) is 18.9 Å². The van der Waals surface area contributed by atoms with Crippen LogP contribution in [0.4, 0.5) is 0 Å². The maximum Gasteiger partial charge on any atom is 0.306 e. The van der Waals surface area contributed by atoms with E-state index >= 15 is 0 Å². The Morgan fingerprint density at radius 1 is 0.968 bits per heavy atom. The Morgan fingerprint density at radius 2 is 1.58 bits per heavy atom. The molecule has 0 unspecified atom stereocenters. The minimum atomic E-state index is -0.369. The van der Waals surface area contributed by atoms with Gasteiger partial charge in [-0.25, -0.2) is 0 Å². The summed E-state index contributed by atoms with van der Waals surface area (Å²) in [6.07, 6.45) is 10.4. The van der Waals surface area contributed by atoms with Crippen molar-refractivity contribution in [3.63, 3.8) is 0 Å². The fourth-order valence-corrected chi connectivity index (χ4v) is 3.94. The molecule has 0 saturated heterocycles. The summed E-state index contributed by atoms with van der Waals surface area (Å²) in [5, 5.41) is 0. The molecule has 1 atom stereocenters. The third-order valence-corrected chi connectivity index (χ3v) is 5.71. The van der Waals surface area contributed by atoms with E-state index in [-0.39, 0.29) is 12.1 Å². The molecule has 0 radical (unpaired) electrons. The van der Waals surface area contributed by atoms with E-state index in [1.54, 1.807) is 21.3 Å². The number of nitrogens with zero attached hydrogens (tertiary/aromatic N) is 1. The van der Waals surface area contributed by atoms with Crippen molar-refractivity contribution in [3.05, 3.63) is 23.8 Å².